The van der Waals surface area contributed by atoms with Crippen LogP contribution in [0.2, 0.25) is 5.02 Å². The molecule has 162 valence electrons. The van der Waals surface area contributed by atoms with E-state index in [1.54, 1.807) is 47.5 Å². The van der Waals surface area contributed by atoms with Gasteiger partial charge >= 0.3 is 6.03 Å². The lowest BCUT2D eigenvalue weighted by Crippen LogP contribution is -2.32. The highest BCUT2D eigenvalue weighted by atomic mass is 35.5. The number of aromatic nitrogens is 3. The minimum atomic E-state index is -0.368. The molecule has 4 aromatic rings. The summed E-state index contributed by atoms with van der Waals surface area (Å²) < 4.78 is 5.12. The molecule has 0 radical (unpaired) electrons. The van der Waals surface area contributed by atoms with Gasteiger partial charge in [-0.25, -0.2) is 14.8 Å². The largest absolute Gasteiger partial charge is 0.459 e. The van der Waals surface area contributed by atoms with Gasteiger partial charge in [-0.15, -0.1) is 0 Å². The third kappa shape index (κ3) is 4.02. The van der Waals surface area contributed by atoms with Crippen molar-refractivity contribution in [3.8, 4) is 11.4 Å². The molecule has 1 saturated heterocycles. The Balaban J connectivity index is 1.39. The van der Waals surface area contributed by atoms with E-state index in [1.807, 2.05) is 0 Å². The van der Waals surface area contributed by atoms with Crippen molar-refractivity contribution in [2.75, 3.05) is 23.7 Å². The van der Waals surface area contributed by atoms with Gasteiger partial charge in [0.2, 0.25) is 0 Å². The van der Waals surface area contributed by atoms with Crippen LogP contribution in [-0.2, 0) is 0 Å². The Morgan fingerprint density at radius 1 is 1.09 bits per heavy atom. The zero-order valence-electron chi connectivity index (χ0n) is 16.9. The molecule has 0 unspecified atom stereocenters. The molecule has 0 bridgehead atoms. The number of furan rings is 1. The molecule has 10 heteroatoms. The van der Waals surface area contributed by atoms with Crippen molar-refractivity contribution in [3.05, 3.63) is 59.6 Å². The molecule has 0 atom stereocenters. The number of urea groups is 1. The number of pyridine rings is 1. The highest BCUT2D eigenvalue weighted by Gasteiger charge is 2.19. The first-order valence-electron chi connectivity index (χ1n) is 10.1. The number of aromatic amines is 1. The maximum atomic E-state index is 12.3. The zero-order valence-corrected chi connectivity index (χ0v) is 17.6. The Morgan fingerprint density at radius 2 is 1.94 bits per heavy atom. The first-order chi connectivity index (χ1) is 15.6. The molecular formula is C22H19ClN6O3. The van der Waals surface area contributed by atoms with E-state index < -0.39 is 0 Å². The Bertz CT molecular complexity index is 1290. The molecule has 3 N–H and O–H groups in total. The summed E-state index contributed by atoms with van der Waals surface area (Å²) in [5.41, 5.74) is 2.86. The van der Waals surface area contributed by atoms with Crippen molar-refractivity contribution < 1.29 is 14.0 Å². The predicted octanol–water partition coefficient (Wildman–Crippen LogP) is 4.75. The quantitative estimate of drug-likeness (QED) is 0.415. The second kappa shape index (κ2) is 8.35. The number of anilines is 2. The maximum Gasteiger partial charge on any atom is 0.321 e. The van der Waals surface area contributed by atoms with E-state index in [1.165, 1.54) is 6.26 Å². The number of imidazole rings is 1. The first-order valence-corrected chi connectivity index (χ1v) is 10.5. The fourth-order valence-corrected chi connectivity index (χ4v) is 3.81. The van der Waals surface area contributed by atoms with Crippen molar-refractivity contribution in [1.82, 2.24) is 19.9 Å². The summed E-state index contributed by atoms with van der Waals surface area (Å²) in [5.74, 6) is 0.334. The monoisotopic (exact) mass is 450 g/mol. The number of nitrogens with zero attached hydrogens (tertiary/aromatic N) is 3. The number of H-pyrrole nitrogens is 1. The van der Waals surface area contributed by atoms with Gasteiger partial charge in [-0.3, -0.25) is 4.79 Å². The van der Waals surface area contributed by atoms with Gasteiger partial charge in [-0.05, 0) is 49.2 Å². The van der Waals surface area contributed by atoms with Crippen LogP contribution in [0.4, 0.5) is 16.2 Å². The molecule has 1 aliphatic rings. The lowest BCUT2D eigenvalue weighted by atomic mass is 10.2. The first kappa shape index (κ1) is 20.1. The van der Waals surface area contributed by atoms with Crippen LogP contribution in [0.1, 0.15) is 23.4 Å². The average Bonchev–Trinajstić information content (AvgIpc) is 3.55. The Hall–Kier alpha value is -3.85. The number of likely N-dealkylation sites (tertiary alicyclic amines) is 1. The Kier molecular flexibility index (Phi) is 5.24. The number of nitrogens with one attached hydrogen (secondary N) is 3. The van der Waals surface area contributed by atoms with Crippen molar-refractivity contribution in [3.63, 3.8) is 0 Å². The van der Waals surface area contributed by atoms with Gasteiger partial charge in [0.15, 0.2) is 11.4 Å². The number of rotatable bonds is 4. The molecular weight excluding hydrogens is 432 g/mol. The van der Waals surface area contributed by atoms with Gasteiger partial charge < -0.3 is 24.9 Å². The minimum Gasteiger partial charge on any atom is -0.459 e. The van der Waals surface area contributed by atoms with Crippen LogP contribution < -0.4 is 10.6 Å². The van der Waals surface area contributed by atoms with Gasteiger partial charge in [0.1, 0.15) is 5.82 Å². The summed E-state index contributed by atoms with van der Waals surface area (Å²) in [6.07, 6.45) is 5.06. The summed E-state index contributed by atoms with van der Waals surface area (Å²) in [6.45, 7) is 1.53. The summed E-state index contributed by atoms with van der Waals surface area (Å²) in [4.78, 5) is 38.4. The normalized spacial score (nSPS) is 13.5. The number of benzene rings is 1. The summed E-state index contributed by atoms with van der Waals surface area (Å²) in [7, 11) is 0. The molecule has 4 heterocycles. The van der Waals surface area contributed by atoms with E-state index >= 15 is 0 Å². The number of halogens is 1. The third-order valence-corrected chi connectivity index (χ3v) is 5.54. The molecule has 1 fully saturated rings. The average molecular weight is 451 g/mol. The van der Waals surface area contributed by atoms with E-state index in [9.17, 15) is 9.59 Å². The van der Waals surface area contributed by atoms with Crippen LogP contribution in [0, 0.1) is 0 Å². The molecule has 0 spiro atoms. The molecule has 0 aliphatic carbocycles. The van der Waals surface area contributed by atoms with E-state index in [2.05, 4.69) is 25.6 Å². The number of carbonyl (C=O) groups is 2. The van der Waals surface area contributed by atoms with Crippen LogP contribution in [-0.4, -0.2) is 44.9 Å². The highest BCUT2D eigenvalue weighted by Crippen LogP contribution is 2.30. The number of amides is 3. The van der Waals surface area contributed by atoms with Crippen LogP contribution in [0.5, 0.6) is 0 Å². The van der Waals surface area contributed by atoms with Gasteiger partial charge in [-0.1, -0.05) is 11.6 Å². The highest BCUT2D eigenvalue weighted by molar-refractivity contribution is 6.33. The second-order valence-electron chi connectivity index (χ2n) is 7.43. The fourth-order valence-electron chi connectivity index (χ4n) is 3.60. The van der Waals surface area contributed by atoms with Crippen molar-refractivity contribution in [2.24, 2.45) is 0 Å². The van der Waals surface area contributed by atoms with Gasteiger partial charge in [-0.2, -0.15) is 0 Å². The predicted molar refractivity (Wildman–Crippen MR) is 121 cm³/mol. The fraction of sp³-hybridized carbons (Fsp3) is 0.182. The molecule has 0 saturated carbocycles. The van der Waals surface area contributed by atoms with Crippen LogP contribution in [0.3, 0.4) is 0 Å². The Labute approximate surface area is 187 Å². The topological polar surface area (TPSA) is 116 Å². The van der Waals surface area contributed by atoms with Crippen LogP contribution in [0.15, 0.2) is 53.3 Å². The number of carbonyl (C=O) groups excluding carboxylic acids is 2. The van der Waals surface area contributed by atoms with E-state index in [-0.39, 0.29) is 17.7 Å². The number of hydrogen-bond acceptors (Lipinski definition) is 5. The smallest absolute Gasteiger partial charge is 0.321 e. The van der Waals surface area contributed by atoms with Gasteiger partial charge in [0, 0.05) is 24.3 Å². The third-order valence-electron chi connectivity index (χ3n) is 5.21. The van der Waals surface area contributed by atoms with Gasteiger partial charge in [0.25, 0.3) is 5.91 Å². The Morgan fingerprint density at radius 3 is 2.72 bits per heavy atom. The van der Waals surface area contributed by atoms with Crippen molar-refractivity contribution in [2.45, 2.75) is 12.8 Å². The van der Waals surface area contributed by atoms with E-state index in [0.29, 0.717) is 38.9 Å². The molecule has 3 amide bonds. The summed E-state index contributed by atoms with van der Waals surface area (Å²) in [5, 5.41) is 6.11. The van der Waals surface area contributed by atoms with E-state index in [4.69, 9.17) is 16.0 Å². The van der Waals surface area contributed by atoms with Crippen LogP contribution in [0.25, 0.3) is 22.6 Å². The second-order valence-corrected chi connectivity index (χ2v) is 7.84. The summed E-state index contributed by atoms with van der Waals surface area (Å²) >= 11 is 6.39. The van der Waals surface area contributed by atoms with Crippen molar-refractivity contribution >= 4 is 46.1 Å². The lowest BCUT2D eigenvalue weighted by molar-refractivity contribution is 0.0996. The standard InChI is InChI=1S/C22H19ClN6O3/c23-16-6-5-13(25-21(30)18-4-3-9-32-18)10-15(16)19-27-17-11-14(12-24-20(17)28-19)26-22(31)29-7-1-2-8-29/h3-6,9-12H,1-2,7-8H2,(H,25,30)(H,26,31)(H,24,27,28). The number of fused-ring (bicyclic) bond motifs is 1. The lowest BCUT2D eigenvalue weighted by Gasteiger charge is -2.15. The molecule has 1 aromatic carbocycles. The molecule has 9 nitrogen and oxygen atoms in total. The minimum absolute atomic E-state index is 0.133. The number of hydrogen-bond donors (Lipinski definition) is 3. The van der Waals surface area contributed by atoms with Crippen molar-refractivity contribution in [1.29, 1.82) is 0 Å². The van der Waals surface area contributed by atoms with Gasteiger partial charge in [0.05, 0.1) is 28.7 Å². The van der Waals surface area contributed by atoms with Crippen LogP contribution >= 0.6 is 11.6 Å². The maximum absolute atomic E-state index is 12.3. The molecule has 5 rings (SSSR count). The SMILES string of the molecule is O=C(Nc1ccc(Cl)c(-c2nc3ncc(NC(=O)N4CCCC4)cc3[nH]2)c1)c1ccco1. The zero-order chi connectivity index (χ0) is 22.1. The van der Waals surface area contributed by atoms with E-state index in [0.717, 1.165) is 25.9 Å². The molecule has 32 heavy (non-hydrogen) atoms. The summed E-state index contributed by atoms with van der Waals surface area (Å²) in [6, 6.07) is 9.96. The molecule has 3 aromatic heterocycles. The molecule has 1 aliphatic heterocycles.